The molecule has 0 saturated carbocycles. The molecule has 0 aliphatic carbocycles. The van der Waals surface area contributed by atoms with Crippen LogP contribution in [0.1, 0.15) is 33.4 Å². The fraction of sp³-hybridized carbons (Fsp3) is 0.462. The lowest BCUT2D eigenvalue weighted by molar-refractivity contribution is 0.00578. The number of nitrogens with zero attached hydrogens (tertiary/aromatic N) is 1. The van der Waals surface area contributed by atoms with Crippen LogP contribution in [0.3, 0.4) is 0 Å². The van der Waals surface area contributed by atoms with E-state index in [0.717, 1.165) is 5.69 Å². The van der Waals surface area contributed by atoms with Crippen LogP contribution in [-0.4, -0.2) is 23.3 Å². The Morgan fingerprint density at radius 1 is 1.17 bits per heavy atom. The van der Waals surface area contributed by atoms with Gasteiger partial charge in [-0.15, -0.1) is 0 Å². The van der Waals surface area contributed by atoms with Crippen molar-refractivity contribution < 1.29 is 9.31 Å². The van der Waals surface area contributed by atoms with Crippen molar-refractivity contribution in [1.82, 2.24) is 4.98 Å². The van der Waals surface area contributed by atoms with E-state index >= 15 is 0 Å². The van der Waals surface area contributed by atoms with Gasteiger partial charge in [0.15, 0.2) is 0 Å². The standard InChI is InChI=1S/C13H19BN2O2/c1-12(2)13(3,4)18-14(17-12)9-8-10-6-5-7-11(15)16-10/h5-9H,1-4H3,(H2,15,16)/b9-8+. The fourth-order valence-corrected chi connectivity index (χ4v) is 1.71. The van der Waals surface area contributed by atoms with Crippen molar-refractivity contribution in [3.8, 4) is 0 Å². The zero-order valence-electron chi connectivity index (χ0n) is 11.3. The highest BCUT2D eigenvalue weighted by Gasteiger charge is 2.49. The van der Waals surface area contributed by atoms with Crippen molar-refractivity contribution in [3.63, 3.8) is 0 Å². The molecule has 18 heavy (non-hydrogen) atoms. The summed E-state index contributed by atoms with van der Waals surface area (Å²) < 4.78 is 11.7. The molecule has 1 saturated heterocycles. The largest absolute Gasteiger partial charge is 0.487 e. The van der Waals surface area contributed by atoms with Gasteiger partial charge in [0, 0.05) is 0 Å². The van der Waals surface area contributed by atoms with Crippen molar-refractivity contribution in [1.29, 1.82) is 0 Å². The summed E-state index contributed by atoms with van der Waals surface area (Å²) in [5, 5.41) is 0. The first-order chi connectivity index (χ1) is 8.30. The smallest absolute Gasteiger partial charge is 0.400 e. The molecule has 1 aromatic heterocycles. The maximum absolute atomic E-state index is 5.85. The van der Waals surface area contributed by atoms with Gasteiger partial charge in [0.2, 0.25) is 0 Å². The molecule has 4 nitrogen and oxygen atoms in total. The highest BCUT2D eigenvalue weighted by molar-refractivity contribution is 6.52. The van der Waals surface area contributed by atoms with E-state index in [2.05, 4.69) is 4.98 Å². The molecule has 5 heteroatoms. The molecule has 2 heterocycles. The molecule has 0 amide bonds. The van der Waals surface area contributed by atoms with Crippen molar-refractivity contribution in [2.24, 2.45) is 0 Å². The fourth-order valence-electron chi connectivity index (χ4n) is 1.71. The summed E-state index contributed by atoms with van der Waals surface area (Å²) in [5.74, 6) is 2.37. The number of hydrogen-bond acceptors (Lipinski definition) is 4. The Kier molecular flexibility index (Phi) is 3.21. The average molecular weight is 246 g/mol. The van der Waals surface area contributed by atoms with Gasteiger partial charge < -0.3 is 15.0 Å². The minimum Gasteiger partial charge on any atom is -0.400 e. The van der Waals surface area contributed by atoms with Crippen LogP contribution in [0.15, 0.2) is 24.2 Å². The van der Waals surface area contributed by atoms with E-state index in [4.69, 9.17) is 15.0 Å². The van der Waals surface area contributed by atoms with Crippen molar-refractivity contribution in [2.75, 3.05) is 5.73 Å². The van der Waals surface area contributed by atoms with Gasteiger partial charge in [0.05, 0.1) is 16.9 Å². The minimum absolute atomic E-state index is 0.314. The van der Waals surface area contributed by atoms with Gasteiger partial charge in [-0.1, -0.05) is 12.0 Å². The number of nitrogens with two attached hydrogens (primary N) is 1. The zero-order valence-corrected chi connectivity index (χ0v) is 11.3. The van der Waals surface area contributed by atoms with Crippen LogP contribution in [-0.2, 0) is 9.31 Å². The van der Waals surface area contributed by atoms with Crippen LogP contribution >= 0.6 is 0 Å². The molecule has 0 radical (unpaired) electrons. The quantitative estimate of drug-likeness (QED) is 0.813. The second-order valence-electron chi connectivity index (χ2n) is 5.47. The van der Waals surface area contributed by atoms with Crippen molar-refractivity contribution in [3.05, 3.63) is 29.9 Å². The van der Waals surface area contributed by atoms with E-state index in [9.17, 15) is 0 Å². The Hall–Kier alpha value is -1.33. The van der Waals surface area contributed by atoms with Crippen LogP contribution < -0.4 is 5.73 Å². The van der Waals surface area contributed by atoms with Gasteiger partial charge in [0.1, 0.15) is 5.82 Å². The molecule has 0 aromatic carbocycles. The number of hydrogen-bond donors (Lipinski definition) is 1. The summed E-state index contributed by atoms with van der Waals surface area (Å²) in [5.41, 5.74) is 5.79. The number of nitrogen functional groups attached to an aromatic ring is 1. The summed E-state index contributed by atoms with van der Waals surface area (Å²) in [6, 6.07) is 5.51. The topological polar surface area (TPSA) is 57.4 Å². The van der Waals surface area contributed by atoms with E-state index in [1.165, 1.54) is 0 Å². The first-order valence-corrected chi connectivity index (χ1v) is 6.06. The predicted molar refractivity (Wildman–Crippen MR) is 73.8 cm³/mol. The number of anilines is 1. The molecule has 2 N–H and O–H groups in total. The summed E-state index contributed by atoms with van der Waals surface area (Å²) in [7, 11) is -0.349. The van der Waals surface area contributed by atoms with Crippen molar-refractivity contribution >= 4 is 19.0 Å². The summed E-state index contributed by atoms with van der Waals surface area (Å²) in [6.45, 7) is 8.11. The lowest BCUT2D eigenvalue weighted by Crippen LogP contribution is -2.41. The maximum Gasteiger partial charge on any atom is 0.487 e. The monoisotopic (exact) mass is 246 g/mol. The molecule has 0 atom stereocenters. The number of aromatic nitrogens is 1. The summed E-state index contributed by atoms with van der Waals surface area (Å²) >= 11 is 0. The zero-order chi connectivity index (χ0) is 13.4. The minimum atomic E-state index is -0.349. The van der Waals surface area contributed by atoms with Gasteiger partial charge >= 0.3 is 7.12 Å². The highest BCUT2D eigenvalue weighted by Crippen LogP contribution is 2.36. The maximum atomic E-state index is 5.85. The van der Waals surface area contributed by atoms with Gasteiger partial charge in [-0.3, -0.25) is 0 Å². The van der Waals surface area contributed by atoms with Crippen molar-refractivity contribution in [2.45, 2.75) is 38.9 Å². The second-order valence-corrected chi connectivity index (χ2v) is 5.47. The Bertz CT molecular complexity index is 456. The Morgan fingerprint density at radius 3 is 2.33 bits per heavy atom. The van der Waals surface area contributed by atoms with Gasteiger partial charge in [-0.25, -0.2) is 4.98 Å². The molecule has 2 rings (SSSR count). The lowest BCUT2D eigenvalue weighted by Gasteiger charge is -2.32. The number of rotatable bonds is 2. The first kappa shape index (κ1) is 13.1. The number of pyridine rings is 1. The highest BCUT2D eigenvalue weighted by atomic mass is 16.7. The molecule has 1 aromatic rings. The normalized spacial score (nSPS) is 21.7. The third-order valence-corrected chi connectivity index (χ3v) is 3.49. The Balaban J connectivity index is 2.08. The molecule has 1 aliphatic heterocycles. The van der Waals surface area contributed by atoms with E-state index < -0.39 is 0 Å². The molecule has 96 valence electrons. The molecule has 1 fully saturated rings. The summed E-state index contributed by atoms with van der Waals surface area (Å²) in [4.78, 5) is 4.19. The van der Waals surface area contributed by atoms with Crippen LogP contribution in [0.5, 0.6) is 0 Å². The second kappa shape index (κ2) is 4.41. The molecule has 0 unspecified atom stereocenters. The van der Waals surface area contributed by atoms with E-state index in [-0.39, 0.29) is 18.3 Å². The average Bonchev–Trinajstić information content (AvgIpc) is 2.45. The lowest BCUT2D eigenvalue weighted by atomic mass is 9.89. The van der Waals surface area contributed by atoms with Gasteiger partial charge in [-0.05, 0) is 45.9 Å². The first-order valence-electron chi connectivity index (χ1n) is 6.06. The summed E-state index contributed by atoms with van der Waals surface area (Å²) in [6.07, 6.45) is 1.86. The van der Waals surface area contributed by atoms with Crippen LogP contribution in [0.4, 0.5) is 5.82 Å². The molecule has 0 bridgehead atoms. The Morgan fingerprint density at radius 2 is 1.78 bits per heavy atom. The van der Waals surface area contributed by atoms with Crippen LogP contribution in [0.2, 0.25) is 0 Å². The van der Waals surface area contributed by atoms with E-state index in [0.29, 0.717) is 5.82 Å². The van der Waals surface area contributed by atoms with E-state index in [1.807, 2.05) is 51.9 Å². The molecular weight excluding hydrogens is 227 g/mol. The molecule has 1 aliphatic rings. The van der Waals surface area contributed by atoms with Crippen LogP contribution in [0, 0.1) is 0 Å². The molecular formula is C13H19BN2O2. The SMILES string of the molecule is CC1(C)OB(/C=C/c2cccc(N)n2)OC1(C)C. The van der Waals surface area contributed by atoms with Gasteiger partial charge in [0.25, 0.3) is 0 Å². The predicted octanol–water partition coefficient (Wildman–Crippen LogP) is 2.31. The molecule has 0 spiro atoms. The Labute approximate surface area is 108 Å². The van der Waals surface area contributed by atoms with Crippen LogP contribution in [0.25, 0.3) is 6.08 Å². The van der Waals surface area contributed by atoms with Gasteiger partial charge in [-0.2, -0.15) is 0 Å². The third kappa shape index (κ3) is 2.57. The third-order valence-electron chi connectivity index (χ3n) is 3.49. The van der Waals surface area contributed by atoms with E-state index in [1.54, 1.807) is 6.07 Å².